The number of rotatable bonds is 5. The third-order valence-electron chi connectivity index (χ3n) is 2.42. The first-order chi connectivity index (χ1) is 7.51. The van der Waals surface area contributed by atoms with Gasteiger partial charge in [0.05, 0.1) is 0 Å². The Labute approximate surface area is 96.7 Å². The van der Waals surface area contributed by atoms with E-state index in [9.17, 15) is 9.50 Å². The maximum absolute atomic E-state index is 13.1. The Morgan fingerprint density at radius 2 is 2.00 bits per heavy atom. The highest BCUT2D eigenvalue weighted by Crippen LogP contribution is 2.16. The van der Waals surface area contributed by atoms with Gasteiger partial charge in [-0.3, -0.25) is 4.90 Å². The van der Waals surface area contributed by atoms with Crippen LogP contribution in [0.25, 0.3) is 0 Å². The summed E-state index contributed by atoms with van der Waals surface area (Å²) in [7, 11) is 0. The van der Waals surface area contributed by atoms with E-state index in [2.05, 4.69) is 25.7 Å². The summed E-state index contributed by atoms with van der Waals surface area (Å²) in [6, 6.07) is 4.22. The lowest BCUT2D eigenvalue weighted by molar-refractivity contribution is 0.248. The lowest BCUT2D eigenvalue weighted by atomic mass is 10.1. The number of hydrogen-bond donors (Lipinski definition) is 1. The van der Waals surface area contributed by atoms with Crippen molar-refractivity contribution in [2.45, 2.75) is 27.3 Å². The number of phenols is 1. The van der Waals surface area contributed by atoms with Crippen molar-refractivity contribution in [1.82, 2.24) is 4.90 Å². The number of aromatic hydroxyl groups is 1. The number of halogens is 1. The fourth-order valence-corrected chi connectivity index (χ4v) is 1.80. The van der Waals surface area contributed by atoms with Crippen LogP contribution in [-0.4, -0.2) is 23.1 Å². The minimum absolute atomic E-state index is 0.00407. The van der Waals surface area contributed by atoms with E-state index < -0.39 is 0 Å². The molecule has 1 rings (SSSR count). The lowest BCUT2D eigenvalue weighted by Crippen LogP contribution is -2.27. The molecule has 90 valence electrons. The lowest BCUT2D eigenvalue weighted by Gasteiger charge is -2.22. The molecule has 0 radical (unpaired) electrons. The normalized spacial score (nSPS) is 11.4. The Kier molecular flexibility index (Phi) is 4.74. The third kappa shape index (κ3) is 4.19. The Balaban J connectivity index is 2.69. The van der Waals surface area contributed by atoms with Crippen molar-refractivity contribution in [3.05, 3.63) is 29.6 Å². The molecule has 0 heterocycles. The zero-order chi connectivity index (χ0) is 12.1. The van der Waals surface area contributed by atoms with Gasteiger partial charge < -0.3 is 5.11 Å². The average Bonchev–Trinajstić information content (AvgIpc) is 2.14. The second-order valence-electron chi connectivity index (χ2n) is 4.54. The fourth-order valence-electron chi connectivity index (χ4n) is 1.80. The quantitative estimate of drug-likeness (QED) is 0.832. The van der Waals surface area contributed by atoms with Crippen LogP contribution in [0.15, 0.2) is 18.2 Å². The van der Waals surface area contributed by atoms with E-state index in [-0.39, 0.29) is 11.6 Å². The smallest absolute Gasteiger partial charge is 0.127 e. The molecule has 0 atom stereocenters. The zero-order valence-corrected chi connectivity index (χ0v) is 10.2. The highest BCUT2D eigenvalue weighted by Gasteiger charge is 2.07. The van der Waals surface area contributed by atoms with Gasteiger partial charge in [-0.15, -0.1) is 0 Å². The second kappa shape index (κ2) is 5.85. The van der Waals surface area contributed by atoms with E-state index in [4.69, 9.17) is 0 Å². The van der Waals surface area contributed by atoms with Crippen molar-refractivity contribution in [3.8, 4) is 5.75 Å². The van der Waals surface area contributed by atoms with E-state index in [1.165, 1.54) is 6.07 Å². The Hall–Kier alpha value is -1.09. The Morgan fingerprint density at radius 1 is 1.31 bits per heavy atom. The topological polar surface area (TPSA) is 23.5 Å². The molecule has 1 N–H and O–H groups in total. The molecule has 0 aliphatic carbocycles. The van der Waals surface area contributed by atoms with Crippen LogP contribution in [0.5, 0.6) is 5.75 Å². The average molecular weight is 225 g/mol. The number of hydrogen-bond acceptors (Lipinski definition) is 2. The SMILES string of the molecule is CCN(Cc1cc(O)cc(F)c1)CC(C)C. The zero-order valence-electron chi connectivity index (χ0n) is 10.2. The molecule has 0 bridgehead atoms. The van der Waals surface area contributed by atoms with E-state index in [0.717, 1.165) is 24.7 Å². The summed E-state index contributed by atoms with van der Waals surface area (Å²) in [6.45, 7) is 8.99. The molecule has 1 aromatic carbocycles. The van der Waals surface area contributed by atoms with Crippen LogP contribution >= 0.6 is 0 Å². The molecule has 0 aliphatic rings. The van der Waals surface area contributed by atoms with Gasteiger partial charge in [-0.05, 0) is 30.2 Å². The monoisotopic (exact) mass is 225 g/mol. The summed E-state index contributed by atoms with van der Waals surface area (Å²) < 4.78 is 13.1. The standard InChI is InChI=1S/C13H20FNO/c1-4-15(8-10(2)3)9-11-5-12(14)7-13(16)6-11/h5-7,10,16H,4,8-9H2,1-3H3. The van der Waals surface area contributed by atoms with Gasteiger partial charge in [-0.1, -0.05) is 20.8 Å². The van der Waals surface area contributed by atoms with Gasteiger partial charge in [0.25, 0.3) is 0 Å². The highest BCUT2D eigenvalue weighted by molar-refractivity contribution is 5.28. The molecule has 0 fully saturated rings. The molecule has 3 heteroatoms. The molecule has 0 spiro atoms. The molecule has 1 aromatic rings. The Morgan fingerprint density at radius 3 is 2.50 bits per heavy atom. The van der Waals surface area contributed by atoms with E-state index in [1.54, 1.807) is 6.07 Å². The predicted octanol–water partition coefficient (Wildman–Crippen LogP) is 3.01. The molecule has 0 aromatic heterocycles. The summed E-state index contributed by atoms with van der Waals surface area (Å²) in [5.74, 6) is 0.202. The van der Waals surface area contributed by atoms with Crippen molar-refractivity contribution in [1.29, 1.82) is 0 Å². The van der Waals surface area contributed by atoms with Gasteiger partial charge in [0.15, 0.2) is 0 Å². The van der Waals surface area contributed by atoms with Crippen LogP contribution in [-0.2, 0) is 6.54 Å². The van der Waals surface area contributed by atoms with Crippen LogP contribution in [0.3, 0.4) is 0 Å². The maximum Gasteiger partial charge on any atom is 0.127 e. The fraction of sp³-hybridized carbons (Fsp3) is 0.538. The van der Waals surface area contributed by atoms with Gasteiger partial charge >= 0.3 is 0 Å². The molecule has 0 unspecified atom stereocenters. The molecule has 0 aliphatic heterocycles. The number of benzene rings is 1. The van der Waals surface area contributed by atoms with Gasteiger partial charge in [0.1, 0.15) is 11.6 Å². The van der Waals surface area contributed by atoms with Crippen molar-refractivity contribution >= 4 is 0 Å². The Bertz CT molecular complexity index is 318. The largest absolute Gasteiger partial charge is 0.508 e. The summed E-state index contributed by atoms with van der Waals surface area (Å²) >= 11 is 0. The van der Waals surface area contributed by atoms with Crippen LogP contribution in [0.1, 0.15) is 26.3 Å². The maximum atomic E-state index is 13.1. The second-order valence-corrected chi connectivity index (χ2v) is 4.54. The van der Waals surface area contributed by atoms with Crippen LogP contribution in [0, 0.1) is 11.7 Å². The van der Waals surface area contributed by atoms with E-state index in [0.29, 0.717) is 12.5 Å². The first-order valence-corrected chi connectivity index (χ1v) is 5.72. The molecule has 16 heavy (non-hydrogen) atoms. The summed E-state index contributed by atoms with van der Waals surface area (Å²) in [5, 5.41) is 9.30. The van der Waals surface area contributed by atoms with E-state index in [1.807, 2.05) is 0 Å². The van der Waals surface area contributed by atoms with Gasteiger partial charge in [-0.2, -0.15) is 0 Å². The summed E-state index contributed by atoms with van der Waals surface area (Å²) in [4.78, 5) is 2.24. The first kappa shape index (κ1) is 13.0. The minimum Gasteiger partial charge on any atom is -0.508 e. The first-order valence-electron chi connectivity index (χ1n) is 5.72. The molecule has 0 saturated heterocycles. The van der Waals surface area contributed by atoms with Crippen molar-refractivity contribution in [3.63, 3.8) is 0 Å². The molecule has 0 saturated carbocycles. The molecule has 0 amide bonds. The van der Waals surface area contributed by atoms with Gasteiger partial charge in [0, 0.05) is 19.2 Å². The van der Waals surface area contributed by atoms with Crippen LogP contribution < -0.4 is 0 Å². The molecule has 2 nitrogen and oxygen atoms in total. The molecular formula is C13H20FNO. The highest BCUT2D eigenvalue weighted by atomic mass is 19.1. The summed E-state index contributed by atoms with van der Waals surface area (Å²) in [5.41, 5.74) is 0.819. The van der Waals surface area contributed by atoms with Crippen LogP contribution in [0.4, 0.5) is 4.39 Å². The predicted molar refractivity (Wildman–Crippen MR) is 63.9 cm³/mol. The minimum atomic E-state index is -0.379. The number of nitrogens with zero attached hydrogens (tertiary/aromatic N) is 1. The molecular weight excluding hydrogens is 205 g/mol. The van der Waals surface area contributed by atoms with Crippen molar-refractivity contribution < 1.29 is 9.50 Å². The van der Waals surface area contributed by atoms with Gasteiger partial charge in [-0.25, -0.2) is 4.39 Å². The summed E-state index contributed by atoms with van der Waals surface area (Å²) in [6.07, 6.45) is 0. The van der Waals surface area contributed by atoms with Crippen molar-refractivity contribution in [2.24, 2.45) is 5.92 Å². The number of phenolic OH excluding ortho intramolecular Hbond substituents is 1. The third-order valence-corrected chi connectivity index (χ3v) is 2.42. The van der Waals surface area contributed by atoms with Gasteiger partial charge in [0.2, 0.25) is 0 Å². The van der Waals surface area contributed by atoms with Crippen molar-refractivity contribution in [2.75, 3.05) is 13.1 Å². The van der Waals surface area contributed by atoms with Crippen LogP contribution in [0.2, 0.25) is 0 Å². The van der Waals surface area contributed by atoms with E-state index >= 15 is 0 Å².